The molecule has 0 spiro atoms. The van der Waals surface area contributed by atoms with Gasteiger partial charge >= 0.3 is 6.09 Å². The normalized spacial score (nSPS) is 22.5. The summed E-state index contributed by atoms with van der Waals surface area (Å²) in [6, 6.07) is 2.44. The van der Waals surface area contributed by atoms with Crippen molar-refractivity contribution in [1.29, 1.82) is 0 Å². The van der Waals surface area contributed by atoms with Crippen molar-refractivity contribution in [2.75, 3.05) is 6.61 Å². The topological polar surface area (TPSA) is 87.6 Å². The molecule has 1 heterocycles. The van der Waals surface area contributed by atoms with E-state index >= 15 is 0 Å². The number of carbonyl (C=O) groups excluding carboxylic acids is 1. The number of hydrogen-bond acceptors (Lipinski definition) is 4. The van der Waals surface area contributed by atoms with Crippen LogP contribution in [0.5, 0.6) is 5.75 Å². The van der Waals surface area contributed by atoms with Crippen molar-refractivity contribution in [3.8, 4) is 5.75 Å². The number of benzene rings is 1. The lowest BCUT2D eigenvalue weighted by atomic mass is 9.98. The molecule has 1 aliphatic rings. The maximum atomic E-state index is 13.5. The Labute approximate surface area is 110 Å². The second-order valence-electron chi connectivity index (χ2n) is 5.11. The summed E-state index contributed by atoms with van der Waals surface area (Å²) >= 11 is 0. The summed E-state index contributed by atoms with van der Waals surface area (Å²) in [4.78, 5) is 10.7. The Kier molecular flexibility index (Phi) is 3.36. The van der Waals surface area contributed by atoms with Crippen molar-refractivity contribution in [2.45, 2.75) is 31.9 Å². The maximum absolute atomic E-state index is 13.5. The quantitative estimate of drug-likeness (QED) is 0.872. The third-order valence-corrected chi connectivity index (χ3v) is 3.08. The molecule has 1 aromatic rings. The van der Waals surface area contributed by atoms with Crippen molar-refractivity contribution >= 4 is 6.09 Å². The van der Waals surface area contributed by atoms with Gasteiger partial charge in [0, 0.05) is 23.6 Å². The monoisotopic (exact) mass is 268 g/mol. The number of ether oxygens (including phenoxy) is 2. The number of primary amides is 1. The van der Waals surface area contributed by atoms with Crippen molar-refractivity contribution in [3.63, 3.8) is 0 Å². The Morgan fingerprint density at radius 2 is 2.32 bits per heavy atom. The average molecular weight is 268 g/mol. The third-order valence-electron chi connectivity index (χ3n) is 3.08. The Hall–Kier alpha value is -1.82. The zero-order chi connectivity index (χ0) is 14.2. The van der Waals surface area contributed by atoms with Crippen molar-refractivity contribution in [1.82, 2.24) is 0 Å². The number of nitrogens with two attached hydrogens (primary N) is 2. The molecule has 5 nitrogen and oxygen atoms in total. The van der Waals surface area contributed by atoms with Crippen LogP contribution in [0.1, 0.15) is 31.0 Å². The lowest BCUT2D eigenvalue weighted by Gasteiger charge is -2.23. The Morgan fingerprint density at radius 3 is 2.89 bits per heavy atom. The van der Waals surface area contributed by atoms with E-state index in [1.165, 1.54) is 12.1 Å². The van der Waals surface area contributed by atoms with Gasteiger partial charge in [-0.1, -0.05) is 0 Å². The SMILES string of the molecule is C[C@@H](N)c1cc(F)cc2c1OC(C)(COC(N)=O)C2. The second kappa shape index (κ2) is 4.70. The zero-order valence-electron chi connectivity index (χ0n) is 10.9. The van der Waals surface area contributed by atoms with E-state index in [4.69, 9.17) is 20.9 Å². The lowest BCUT2D eigenvalue weighted by Crippen LogP contribution is -2.38. The van der Waals surface area contributed by atoms with Crippen LogP contribution in [0.25, 0.3) is 0 Å². The largest absolute Gasteiger partial charge is 0.483 e. The summed E-state index contributed by atoms with van der Waals surface area (Å²) in [5.74, 6) is 0.224. The number of rotatable bonds is 3. The fourth-order valence-electron chi connectivity index (χ4n) is 2.26. The first kappa shape index (κ1) is 13.6. The highest BCUT2D eigenvalue weighted by molar-refractivity contribution is 5.64. The molecular formula is C13H17FN2O3. The highest BCUT2D eigenvalue weighted by Gasteiger charge is 2.38. The van der Waals surface area contributed by atoms with Crippen molar-refractivity contribution in [3.05, 3.63) is 29.1 Å². The second-order valence-corrected chi connectivity index (χ2v) is 5.11. The van der Waals surface area contributed by atoms with E-state index in [2.05, 4.69) is 0 Å². The molecule has 0 saturated heterocycles. The van der Waals surface area contributed by atoms with E-state index in [0.29, 0.717) is 17.7 Å². The standard InChI is InChI=1S/C13H17FN2O3/c1-7(15)10-4-9(14)3-8-5-13(2,19-11(8)10)6-18-12(16)17/h3-4,7H,5-6,15H2,1-2H3,(H2,16,17)/t7-,13?/m1/s1. The number of halogens is 1. The fourth-order valence-corrected chi connectivity index (χ4v) is 2.26. The van der Waals surface area contributed by atoms with Gasteiger partial charge in [0.2, 0.25) is 0 Å². The van der Waals surface area contributed by atoms with Crippen molar-refractivity contribution in [2.24, 2.45) is 11.5 Å². The molecule has 1 aliphatic heterocycles. The molecule has 0 aromatic heterocycles. The summed E-state index contributed by atoms with van der Waals surface area (Å²) in [6.07, 6.45) is -0.424. The molecular weight excluding hydrogens is 251 g/mol. The van der Waals surface area contributed by atoms with Gasteiger partial charge in [-0.25, -0.2) is 9.18 Å². The molecule has 1 aromatic carbocycles. The van der Waals surface area contributed by atoms with Gasteiger partial charge in [-0.3, -0.25) is 0 Å². The van der Waals surface area contributed by atoms with Crippen molar-refractivity contribution < 1.29 is 18.7 Å². The number of carbonyl (C=O) groups is 1. The van der Waals surface area contributed by atoms with Crippen LogP contribution in [0, 0.1) is 5.82 Å². The molecule has 0 radical (unpaired) electrons. The molecule has 0 fully saturated rings. The summed E-state index contributed by atoms with van der Waals surface area (Å²) in [6.45, 7) is 3.55. The van der Waals surface area contributed by atoms with Crippen LogP contribution in [0.4, 0.5) is 9.18 Å². The molecule has 2 atom stereocenters. The van der Waals surface area contributed by atoms with Gasteiger partial charge in [0.1, 0.15) is 23.8 Å². The fraction of sp³-hybridized carbons (Fsp3) is 0.462. The van der Waals surface area contributed by atoms with E-state index in [9.17, 15) is 9.18 Å². The van der Waals surface area contributed by atoms with Gasteiger partial charge in [-0.05, 0) is 26.0 Å². The zero-order valence-corrected chi connectivity index (χ0v) is 10.9. The Balaban J connectivity index is 2.28. The predicted molar refractivity (Wildman–Crippen MR) is 67.3 cm³/mol. The van der Waals surface area contributed by atoms with Crippen LogP contribution in [0.2, 0.25) is 0 Å². The number of amides is 1. The van der Waals surface area contributed by atoms with Crippen LogP contribution in [0.3, 0.4) is 0 Å². The highest BCUT2D eigenvalue weighted by Crippen LogP contribution is 2.40. The predicted octanol–water partition coefficient (Wildman–Crippen LogP) is 1.63. The minimum absolute atomic E-state index is 0.0109. The van der Waals surface area contributed by atoms with Gasteiger partial charge in [0.15, 0.2) is 0 Å². The van der Waals surface area contributed by atoms with E-state index < -0.39 is 11.7 Å². The summed E-state index contributed by atoms with van der Waals surface area (Å²) < 4.78 is 24.1. The molecule has 6 heteroatoms. The van der Waals surface area contributed by atoms with Gasteiger partial charge in [-0.2, -0.15) is 0 Å². The summed E-state index contributed by atoms with van der Waals surface area (Å²) in [7, 11) is 0. The van der Waals surface area contributed by atoms with E-state index in [1.807, 2.05) is 0 Å². The molecule has 1 unspecified atom stereocenters. The van der Waals surface area contributed by atoms with Gasteiger partial charge in [-0.15, -0.1) is 0 Å². The number of hydrogen-bond donors (Lipinski definition) is 2. The van der Waals surface area contributed by atoms with Crippen LogP contribution in [-0.2, 0) is 11.2 Å². The smallest absolute Gasteiger partial charge is 0.404 e. The molecule has 4 N–H and O–H groups in total. The van der Waals surface area contributed by atoms with Crippen LogP contribution < -0.4 is 16.2 Å². The highest BCUT2D eigenvalue weighted by atomic mass is 19.1. The lowest BCUT2D eigenvalue weighted by molar-refractivity contribution is 0.0314. The minimum Gasteiger partial charge on any atom is -0.483 e. The molecule has 0 aliphatic carbocycles. The molecule has 0 saturated carbocycles. The number of fused-ring (bicyclic) bond motifs is 1. The first-order chi connectivity index (χ1) is 8.81. The van der Waals surface area contributed by atoms with E-state index in [-0.39, 0.29) is 18.5 Å². The summed E-state index contributed by atoms with van der Waals surface area (Å²) in [5, 5.41) is 0. The maximum Gasteiger partial charge on any atom is 0.404 e. The van der Waals surface area contributed by atoms with Crippen LogP contribution in [-0.4, -0.2) is 18.3 Å². The summed E-state index contributed by atoms with van der Waals surface area (Å²) in [5.41, 5.74) is 11.3. The van der Waals surface area contributed by atoms with Gasteiger partial charge in [0.05, 0.1) is 0 Å². The molecule has 104 valence electrons. The van der Waals surface area contributed by atoms with Gasteiger partial charge in [0.25, 0.3) is 0 Å². The van der Waals surface area contributed by atoms with E-state index in [0.717, 1.165) is 5.56 Å². The van der Waals surface area contributed by atoms with E-state index in [1.54, 1.807) is 13.8 Å². The minimum atomic E-state index is -0.862. The third kappa shape index (κ3) is 2.78. The van der Waals surface area contributed by atoms with Crippen LogP contribution >= 0.6 is 0 Å². The first-order valence-corrected chi connectivity index (χ1v) is 6.00. The molecule has 0 bridgehead atoms. The average Bonchev–Trinajstić information content (AvgIpc) is 2.62. The van der Waals surface area contributed by atoms with Gasteiger partial charge < -0.3 is 20.9 Å². The Bertz CT molecular complexity index is 519. The first-order valence-electron chi connectivity index (χ1n) is 6.00. The Morgan fingerprint density at radius 1 is 1.63 bits per heavy atom. The molecule has 1 amide bonds. The molecule has 19 heavy (non-hydrogen) atoms. The van der Waals surface area contributed by atoms with Crippen LogP contribution in [0.15, 0.2) is 12.1 Å². The molecule has 2 rings (SSSR count).